The highest BCUT2D eigenvalue weighted by Crippen LogP contribution is 2.37. The van der Waals surface area contributed by atoms with Crippen LogP contribution in [0.4, 0.5) is 0 Å². The van der Waals surface area contributed by atoms with Crippen LogP contribution in [0.2, 0.25) is 0 Å². The smallest absolute Gasteiger partial charge is 0.243 e. The van der Waals surface area contributed by atoms with Gasteiger partial charge in [0.05, 0.1) is 11.8 Å². The monoisotopic (exact) mass is 426 g/mol. The first-order valence-corrected chi connectivity index (χ1v) is 10.8. The van der Waals surface area contributed by atoms with Gasteiger partial charge in [-0.1, -0.05) is 26.0 Å². The first kappa shape index (κ1) is 22.7. The summed E-state index contributed by atoms with van der Waals surface area (Å²) in [5, 5.41) is 5.54. The van der Waals surface area contributed by atoms with E-state index >= 15 is 0 Å². The maximum atomic E-state index is 12.9. The van der Waals surface area contributed by atoms with E-state index in [0.29, 0.717) is 25.8 Å². The molecule has 0 radical (unpaired) electrons. The molecule has 2 aliphatic rings. The molecule has 4 amide bonds. The second kappa shape index (κ2) is 10.3. The fourth-order valence-electron chi connectivity index (χ4n) is 4.12. The van der Waals surface area contributed by atoms with Gasteiger partial charge in [-0.3, -0.25) is 29.1 Å². The van der Waals surface area contributed by atoms with Crippen LogP contribution in [0.5, 0.6) is 0 Å². The summed E-state index contributed by atoms with van der Waals surface area (Å²) in [5.41, 5.74) is 0.936. The molecule has 1 fully saturated rings. The lowest BCUT2D eigenvalue weighted by molar-refractivity contribution is -0.148. The van der Waals surface area contributed by atoms with Crippen LogP contribution in [0.15, 0.2) is 36.7 Å². The van der Waals surface area contributed by atoms with Gasteiger partial charge >= 0.3 is 0 Å². The summed E-state index contributed by atoms with van der Waals surface area (Å²) in [6.45, 7) is 4.43. The Labute approximate surface area is 182 Å². The average molecular weight is 427 g/mol. The molecule has 0 spiro atoms. The number of pyridine rings is 1. The molecule has 1 aromatic rings. The molecule has 166 valence electrons. The standard InChI is InChI=1S/C23H30N4O4/c1-15(2)13-19(27-22(30)17-5-3-4-6-18(17)23(27)31)21(29)25-12-9-20(28)26-14-16-7-10-24-11-8-16/h3-4,7-8,10-11,15,17-19H,5-6,9,12-14H2,1-2H3,(H,25,29)(H,26,28). The quantitative estimate of drug-likeness (QED) is 0.460. The summed E-state index contributed by atoms with van der Waals surface area (Å²) >= 11 is 0. The van der Waals surface area contributed by atoms with Crippen molar-refractivity contribution in [3.63, 3.8) is 0 Å². The second-order valence-electron chi connectivity index (χ2n) is 8.52. The Hall–Kier alpha value is -3.03. The molecule has 3 atom stereocenters. The van der Waals surface area contributed by atoms with Crippen molar-refractivity contribution in [3.05, 3.63) is 42.2 Å². The van der Waals surface area contributed by atoms with Gasteiger partial charge in [-0.25, -0.2) is 0 Å². The minimum absolute atomic E-state index is 0.113. The third-order valence-corrected chi connectivity index (χ3v) is 5.74. The summed E-state index contributed by atoms with van der Waals surface area (Å²) in [5.74, 6) is -1.68. The topological polar surface area (TPSA) is 108 Å². The minimum Gasteiger partial charge on any atom is -0.354 e. The Bertz CT molecular complexity index is 826. The molecule has 1 aromatic heterocycles. The van der Waals surface area contributed by atoms with Crippen molar-refractivity contribution in [2.75, 3.05) is 6.54 Å². The second-order valence-corrected chi connectivity index (χ2v) is 8.52. The van der Waals surface area contributed by atoms with Crippen LogP contribution < -0.4 is 10.6 Å². The van der Waals surface area contributed by atoms with Gasteiger partial charge in [0.1, 0.15) is 6.04 Å². The van der Waals surface area contributed by atoms with E-state index in [-0.39, 0.29) is 54.3 Å². The summed E-state index contributed by atoms with van der Waals surface area (Å²) in [4.78, 5) is 55.9. The van der Waals surface area contributed by atoms with Crippen molar-refractivity contribution in [2.24, 2.45) is 17.8 Å². The molecular formula is C23H30N4O4. The minimum atomic E-state index is -0.842. The van der Waals surface area contributed by atoms with Crippen molar-refractivity contribution in [3.8, 4) is 0 Å². The Balaban J connectivity index is 1.54. The lowest BCUT2D eigenvalue weighted by Gasteiger charge is -2.27. The molecule has 8 heteroatoms. The van der Waals surface area contributed by atoms with Crippen molar-refractivity contribution >= 4 is 23.6 Å². The highest BCUT2D eigenvalue weighted by atomic mass is 16.2. The number of nitrogens with zero attached hydrogens (tertiary/aromatic N) is 2. The number of likely N-dealkylation sites (tertiary alicyclic amines) is 1. The largest absolute Gasteiger partial charge is 0.354 e. The molecule has 3 unspecified atom stereocenters. The average Bonchev–Trinajstić information content (AvgIpc) is 3.01. The highest BCUT2D eigenvalue weighted by Gasteiger charge is 2.51. The van der Waals surface area contributed by atoms with Crippen LogP contribution in [0, 0.1) is 17.8 Å². The molecule has 1 aliphatic heterocycles. The van der Waals surface area contributed by atoms with E-state index in [1.165, 1.54) is 4.90 Å². The van der Waals surface area contributed by atoms with Crippen molar-refractivity contribution in [2.45, 2.75) is 52.1 Å². The van der Waals surface area contributed by atoms with Gasteiger partial charge in [-0.05, 0) is 42.9 Å². The van der Waals surface area contributed by atoms with Crippen LogP contribution >= 0.6 is 0 Å². The number of imide groups is 1. The van der Waals surface area contributed by atoms with E-state index in [1.807, 2.05) is 38.1 Å². The molecule has 0 saturated carbocycles. The SMILES string of the molecule is CC(C)CC(C(=O)NCCC(=O)NCc1ccncc1)N1C(=O)C2CC=CCC2C1=O. The summed E-state index contributed by atoms with van der Waals surface area (Å²) in [6, 6.07) is 2.79. The van der Waals surface area contributed by atoms with E-state index in [9.17, 15) is 19.2 Å². The third-order valence-electron chi connectivity index (χ3n) is 5.74. The highest BCUT2D eigenvalue weighted by molar-refractivity contribution is 6.08. The molecule has 2 heterocycles. The maximum absolute atomic E-state index is 12.9. The van der Waals surface area contributed by atoms with Crippen molar-refractivity contribution in [1.82, 2.24) is 20.5 Å². The molecular weight excluding hydrogens is 396 g/mol. The number of carbonyl (C=O) groups is 4. The lowest BCUT2D eigenvalue weighted by atomic mass is 9.85. The van der Waals surface area contributed by atoms with Gasteiger partial charge < -0.3 is 10.6 Å². The van der Waals surface area contributed by atoms with Gasteiger partial charge in [-0.2, -0.15) is 0 Å². The number of nitrogens with one attached hydrogen (secondary N) is 2. The van der Waals surface area contributed by atoms with Crippen LogP contribution in [-0.2, 0) is 25.7 Å². The molecule has 3 rings (SSSR count). The molecule has 1 aliphatic carbocycles. The Kier molecular flexibility index (Phi) is 7.55. The Morgan fingerprint density at radius 1 is 1.06 bits per heavy atom. The maximum Gasteiger partial charge on any atom is 0.243 e. The molecule has 8 nitrogen and oxygen atoms in total. The van der Waals surface area contributed by atoms with E-state index < -0.39 is 6.04 Å². The van der Waals surface area contributed by atoms with Gasteiger partial charge in [-0.15, -0.1) is 0 Å². The Morgan fingerprint density at radius 3 is 2.26 bits per heavy atom. The van der Waals surface area contributed by atoms with E-state index in [1.54, 1.807) is 12.4 Å². The van der Waals surface area contributed by atoms with E-state index in [4.69, 9.17) is 0 Å². The van der Waals surface area contributed by atoms with Crippen molar-refractivity contribution < 1.29 is 19.2 Å². The zero-order valence-electron chi connectivity index (χ0n) is 18.0. The summed E-state index contributed by atoms with van der Waals surface area (Å²) in [7, 11) is 0. The zero-order chi connectivity index (χ0) is 22.4. The first-order chi connectivity index (χ1) is 14.9. The fourth-order valence-corrected chi connectivity index (χ4v) is 4.12. The zero-order valence-corrected chi connectivity index (χ0v) is 18.0. The van der Waals surface area contributed by atoms with E-state index in [0.717, 1.165) is 5.56 Å². The predicted octanol–water partition coefficient (Wildman–Crippen LogP) is 1.57. The number of amides is 4. The molecule has 0 aromatic carbocycles. The van der Waals surface area contributed by atoms with Gasteiger partial charge in [0.15, 0.2) is 0 Å². The number of hydrogen-bond donors (Lipinski definition) is 2. The summed E-state index contributed by atoms with van der Waals surface area (Å²) in [6.07, 6.45) is 8.76. The van der Waals surface area contributed by atoms with Gasteiger partial charge in [0.2, 0.25) is 23.6 Å². The molecule has 31 heavy (non-hydrogen) atoms. The molecule has 0 bridgehead atoms. The normalized spacial score (nSPS) is 21.2. The van der Waals surface area contributed by atoms with Crippen LogP contribution in [-0.4, -0.2) is 46.1 Å². The number of rotatable bonds is 9. The van der Waals surface area contributed by atoms with Crippen molar-refractivity contribution in [1.29, 1.82) is 0 Å². The molecule has 2 N–H and O–H groups in total. The van der Waals surface area contributed by atoms with Crippen LogP contribution in [0.3, 0.4) is 0 Å². The Morgan fingerprint density at radius 2 is 1.68 bits per heavy atom. The van der Waals surface area contributed by atoms with Gasteiger partial charge in [0, 0.05) is 31.9 Å². The van der Waals surface area contributed by atoms with Crippen LogP contribution in [0.1, 0.15) is 45.1 Å². The summed E-state index contributed by atoms with van der Waals surface area (Å²) < 4.78 is 0. The number of fused-ring (bicyclic) bond motifs is 1. The van der Waals surface area contributed by atoms with Crippen LogP contribution in [0.25, 0.3) is 0 Å². The predicted molar refractivity (Wildman–Crippen MR) is 114 cm³/mol. The number of allylic oxidation sites excluding steroid dienone is 2. The third kappa shape index (κ3) is 5.57. The number of hydrogen-bond acceptors (Lipinski definition) is 5. The van der Waals surface area contributed by atoms with E-state index in [2.05, 4.69) is 15.6 Å². The number of carbonyl (C=O) groups excluding carboxylic acids is 4. The number of aromatic nitrogens is 1. The lowest BCUT2D eigenvalue weighted by Crippen LogP contribution is -2.51. The fraction of sp³-hybridized carbons (Fsp3) is 0.522. The first-order valence-electron chi connectivity index (χ1n) is 10.8. The molecule has 1 saturated heterocycles. The van der Waals surface area contributed by atoms with Gasteiger partial charge in [0.25, 0.3) is 0 Å².